The topological polar surface area (TPSA) is 145 Å². The third kappa shape index (κ3) is 6.57. The molecule has 1 amide bonds. The molecule has 0 atom stereocenters. The number of carbonyl (C=O) groups excluding carboxylic acids is 1. The predicted octanol–water partition coefficient (Wildman–Crippen LogP) is 3.46. The fourth-order valence-electron chi connectivity index (χ4n) is 3.38. The molecule has 190 valence electrons. The van der Waals surface area contributed by atoms with Gasteiger partial charge in [-0.3, -0.25) is 19.1 Å². The number of allylic oxidation sites excluding steroid dienone is 1. The molecule has 0 spiro atoms. The van der Waals surface area contributed by atoms with E-state index in [0.717, 1.165) is 0 Å². The number of hydrogen-bond acceptors (Lipinski definition) is 9. The van der Waals surface area contributed by atoms with Crippen LogP contribution in [0.15, 0.2) is 77.4 Å². The van der Waals surface area contributed by atoms with Crippen molar-refractivity contribution in [3.05, 3.63) is 78.9 Å². The van der Waals surface area contributed by atoms with E-state index in [4.69, 9.17) is 0 Å². The molecule has 1 aromatic carbocycles. The van der Waals surface area contributed by atoms with Crippen molar-refractivity contribution in [3.8, 4) is 11.5 Å². The Hall–Kier alpha value is -4.10. The van der Waals surface area contributed by atoms with Crippen LogP contribution in [-0.2, 0) is 21.4 Å². The van der Waals surface area contributed by atoms with Gasteiger partial charge < -0.3 is 5.32 Å². The van der Waals surface area contributed by atoms with Crippen molar-refractivity contribution in [2.75, 3.05) is 15.8 Å². The zero-order chi connectivity index (χ0) is 26.4. The van der Waals surface area contributed by atoms with E-state index in [1.165, 1.54) is 36.0 Å². The van der Waals surface area contributed by atoms with Crippen LogP contribution < -0.4 is 10.0 Å². The largest absolute Gasteiger partial charge is 0.325 e. The van der Waals surface area contributed by atoms with Gasteiger partial charge >= 0.3 is 0 Å². The van der Waals surface area contributed by atoms with Crippen molar-refractivity contribution in [2.24, 2.45) is 0 Å². The number of aromatic nitrogens is 6. The smallest absolute Gasteiger partial charge is 0.263 e. The van der Waals surface area contributed by atoms with E-state index in [1.54, 1.807) is 32.2 Å². The number of amides is 1. The maximum atomic E-state index is 12.7. The second kappa shape index (κ2) is 11.3. The molecule has 0 bridgehead atoms. The molecule has 3 aromatic heterocycles. The first-order chi connectivity index (χ1) is 17.7. The first kappa shape index (κ1) is 26.0. The highest BCUT2D eigenvalue weighted by Crippen LogP contribution is 2.23. The molecular weight excluding hydrogens is 512 g/mol. The van der Waals surface area contributed by atoms with Gasteiger partial charge in [-0.05, 0) is 50.2 Å². The van der Waals surface area contributed by atoms with Gasteiger partial charge in [-0.25, -0.2) is 18.4 Å². The summed E-state index contributed by atoms with van der Waals surface area (Å²) in [5.41, 5.74) is 1.78. The summed E-state index contributed by atoms with van der Waals surface area (Å²) in [6.45, 7) is 7.68. The molecule has 0 unspecified atom stereocenters. The Morgan fingerprint density at radius 3 is 2.57 bits per heavy atom. The summed E-state index contributed by atoms with van der Waals surface area (Å²) in [7, 11) is -3.86. The van der Waals surface area contributed by atoms with E-state index in [9.17, 15) is 13.2 Å². The van der Waals surface area contributed by atoms with Gasteiger partial charge in [-0.1, -0.05) is 23.9 Å². The van der Waals surface area contributed by atoms with E-state index >= 15 is 0 Å². The third-order valence-electron chi connectivity index (χ3n) is 4.91. The lowest BCUT2D eigenvalue weighted by Gasteiger charge is -2.10. The maximum absolute atomic E-state index is 12.7. The molecule has 11 nitrogen and oxygen atoms in total. The van der Waals surface area contributed by atoms with Gasteiger partial charge in [0, 0.05) is 30.2 Å². The second-order valence-electron chi connectivity index (χ2n) is 7.83. The molecule has 0 fully saturated rings. The monoisotopic (exact) mass is 536 g/mol. The highest BCUT2D eigenvalue weighted by molar-refractivity contribution is 7.99. The zero-order valence-corrected chi connectivity index (χ0v) is 21.8. The number of nitrogens with one attached hydrogen (secondary N) is 2. The number of carbonyl (C=O) groups is 1. The minimum atomic E-state index is -3.86. The number of pyridine rings is 1. The van der Waals surface area contributed by atoms with Gasteiger partial charge in [0.1, 0.15) is 17.3 Å². The Morgan fingerprint density at radius 1 is 1.11 bits per heavy atom. The van der Waals surface area contributed by atoms with Crippen LogP contribution in [-0.4, -0.2) is 49.8 Å². The molecule has 0 radical (unpaired) electrons. The number of anilines is 2. The summed E-state index contributed by atoms with van der Waals surface area (Å²) in [5, 5.41) is 11.7. The number of nitrogens with zero attached hydrogens (tertiary/aromatic N) is 6. The van der Waals surface area contributed by atoms with Crippen molar-refractivity contribution in [1.82, 2.24) is 29.7 Å². The molecule has 4 aromatic rings. The lowest BCUT2D eigenvalue weighted by Crippen LogP contribution is -2.16. The minimum Gasteiger partial charge on any atom is -0.325 e. The first-order valence-electron chi connectivity index (χ1n) is 11.1. The summed E-state index contributed by atoms with van der Waals surface area (Å²) in [5.74, 6) is 1.03. The molecule has 0 aliphatic heterocycles. The Balaban J connectivity index is 1.39. The number of aryl methyl sites for hydroxylation is 2. The summed E-state index contributed by atoms with van der Waals surface area (Å²) in [4.78, 5) is 25.1. The van der Waals surface area contributed by atoms with Crippen molar-refractivity contribution in [1.29, 1.82) is 0 Å². The lowest BCUT2D eigenvalue weighted by molar-refractivity contribution is -0.113. The summed E-state index contributed by atoms with van der Waals surface area (Å²) in [6.07, 6.45) is 3.39. The third-order valence-corrected chi connectivity index (χ3v) is 7.25. The van der Waals surface area contributed by atoms with E-state index in [1.807, 2.05) is 22.8 Å². The number of benzene rings is 1. The maximum Gasteiger partial charge on any atom is 0.263 e. The standard InChI is InChI=1S/C24H24N8O3S2/c1-4-13-32-23(20-7-5-6-12-25-20)29-30-24(32)36-15-22(33)28-18-8-10-19(11-9-18)37(34,35)31-21-14-16(2)26-17(3)27-21/h4-12,14H,1,13,15H2,2-3H3,(H,28,33)(H,26,27,31). The highest BCUT2D eigenvalue weighted by atomic mass is 32.2. The van der Waals surface area contributed by atoms with Crippen LogP contribution >= 0.6 is 11.8 Å². The van der Waals surface area contributed by atoms with Crippen LogP contribution in [0.1, 0.15) is 11.5 Å². The Morgan fingerprint density at radius 2 is 1.89 bits per heavy atom. The normalized spacial score (nSPS) is 11.2. The quantitative estimate of drug-likeness (QED) is 0.230. The van der Waals surface area contributed by atoms with Crippen molar-refractivity contribution < 1.29 is 13.2 Å². The molecule has 0 aliphatic rings. The van der Waals surface area contributed by atoms with Crippen LogP contribution in [0.4, 0.5) is 11.5 Å². The summed E-state index contributed by atoms with van der Waals surface area (Å²) in [6, 6.07) is 12.9. The molecule has 0 saturated heterocycles. The van der Waals surface area contributed by atoms with Crippen LogP contribution in [0, 0.1) is 13.8 Å². The number of sulfonamides is 1. The van der Waals surface area contributed by atoms with Crippen LogP contribution in [0.5, 0.6) is 0 Å². The molecule has 13 heteroatoms. The molecule has 0 saturated carbocycles. The Kier molecular flexibility index (Phi) is 7.94. The number of thioether (sulfide) groups is 1. The van der Waals surface area contributed by atoms with Gasteiger partial charge in [-0.15, -0.1) is 16.8 Å². The Labute approximate surface area is 218 Å². The molecular formula is C24H24N8O3S2. The molecule has 37 heavy (non-hydrogen) atoms. The van der Waals surface area contributed by atoms with Gasteiger partial charge in [-0.2, -0.15) is 0 Å². The van der Waals surface area contributed by atoms with Crippen LogP contribution in [0.2, 0.25) is 0 Å². The molecule has 3 heterocycles. The predicted molar refractivity (Wildman–Crippen MR) is 142 cm³/mol. The van der Waals surface area contributed by atoms with Crippen molar-refractivity contribution in [2.45, 2.75) is 30.4 Å². The van der Waals surface area contributed by atoms with Crippen LogP contribution in [0.25, 0.3) is 11.5 Å². The fraction of sp³-hybridized carbons (Fsp3) is 0.167. The van der Waals surface area contributed by atoms with Crippen molar-refractivity contribution in [3.63, 3.8) is 0 Å². The first-order valence-corrected chi connectivity index (χ1v) is 13.6. The molecule has 4 rings (SSSR count). The summed E-state index contributed by atoms with van der Waals surface area (Å²) >= 11 is 1.22. The minimum absolute atomic E-state index is 0.0355. The average molecular weight is 537 g/mol. The number of rotatable bonds is 10. The SMILES string of the molecule is C=CCn1c(SCC(=O)Nc2ccc(S(=O)(=O)Nc3cc(C)nc(C)n3)cc2)nnc1-c1ccccn1. The van der Waals surface area contributed by atoms with E-state index in [2.05, 4.69) is 41.8 Å². The molecule has 2 N–H and O–H groups in total. The van der Waals surface area contributed by atoms with Crippen molar-refractivity contribution >= 4 is 39.2 Å². The summed E-state index contributed by atoms with van der Waals surface area (Å²) < 4.78 is 29.7. The molecule has 0 aliphatic carbocycles. The van der Waals surface area contributed by atoms with Gasteiger partial charge in [0.15, 0.2) is 11.0 Å². The van der Waals surface area contributed by atoms with E-state index in [-0.39, 0.29) is 22.4 Å². The fourth-order valence-corrected chi connectivity index (χ4v) is 5.12. The number of hydrogen-bond donors (Lipinski definition) is 2. The highest BCUT2D eigenvalue weighted by Gasteiger charge is 2.17. The van der Waals surface area contributed by atoms with Gasteiger partial charge in [0.05, 0.1) is 10.6 Å². The van der Waals surface area contributed by atoms with Gasteiger partial charge in [0.2, 0.25) is 5.91 Å². The Bertz CT molecular complexity index is 1500. The van der Waals surface area contributed by atoms with Gasteiger partial charge in [0.25, 0.3) is 10.0 Å². The van der Waals surface area contributed by atoms with Crippen LogP contribution in [0.3, 0.4) is 0 Å². The zero-order valence-electron chi connectivity index (χ0n) is 20.1. The van der Waals surface area contributed by atoms with E-state index in [0.29, 0.717) is 40.4 Å². The van der Waals surface area contributed by atoms with E-state index < -0.39 is 10.0 Å². The lowest BCUT2D eigenvalue weighted by atomic mass is 10.3. The average Bonchev–Trinajstić information content (AvgIpc) is 3.25. The second-order valence-corrected chi connectivity index (χ2v) is 10.5.